The monoisotopic (exact) mass is 264 g/mol. The van der Waals surface area contributed by atoms with E-state index in [0.29, 0.717) is 13.2 Å². The molecule has 0 aromatic heterocycles. The van der Waals surface area contributed by atoms with Crippen LogP contribution in [0.5, 0.6) is 11.5 Å². The molecule has 4 nitrogen and oxygen atoms in total. The van der Waals surface area contributed by atoms with Gasteiger partial charge in [0.25, 0.3) is 0 Å². The average Bonchev–Trinajstić information content (AvgIpc) is 2.43. The number of hydrogen-bond acceptors (Lipinski definition) is 4. The van der Waals surface area contributed by atoms with Gasteiger partial charge in [0, 0.05) is 6.54 Å². The van der Waals surface area contributed by atoms with Crippen LogP contribution in [0, 0.1) is 0 Å². The fourth-order valence-electron chi connectivity index (χ4n) is 2.26. The molecule has 0 unspecified atom stereocenters. The van der Waals surface area contributed by atoms with Crippen LogP contribution in [0.3, 0.4) is 0 Å². The van der Waals surface area contributed by atoms with E-state index in [2.05, 4.69) is 29.4 Å². The van der Waals surface area contributed by atoms with E-state index in [1.54, 1.807) is 0 Å². The van der Waals surface area contributed by atoms with Gasteiger partial charge in [0.2, 0.25) is 0 Å². The van der Waals surface area contributed by atoms with Crippen LogP contribution in [0.2, 0.25) is 0 Å². The first-order chi connectivity index (χ1) is 9.29. The molecule has 19 heavy (non-hydrogen) atoms. The maximum Gasteiger partial charge on any atom is 0.161 e. The lowest BCUT2D eigenvalue weighted by atomic mass is 10.1. The normalized spacial score (nSPS) is 13.8. The molecule has 0 bridgehead atoms. The molecule has 0 atom stereocenters. The summed E-state index contributed by atoms with van der Waals surface area (Å²) in [5.41, 5.74) is 1.28. The molecular weight excluding hydrogens is 240 g/mol. The van der Waals surface area contributed by atoms with Crippen molar-refractivity contribution in [2.24, 2.45) is 0 Å². The summed E-state index contributed by atoms with van der Waals surface area (Å²) in [4.78, 5) is 2.35. The van der Waals surface area contributed by atoms with Crippen LogP contribution >= 0.6 is 0 Å². The van der Waals surface area contributed by atoms with E-state index in [0.717, 1.165) is 31.1 Å². The number of rotatable bonds is 7. The minimum atomic E-state index is 0.649. The fourth-order valence-corrected chi connectivity index (χ4v) is 2.26. The van der Waals surface area contributed by atoms with Gasteiger partial charge in [-0.05, 0) is 57.7 Å². The number of unbranched alkanes of at least 4 members (excludes halogenated alkanes) is 1. The highest BCUT2D eigenvalue weighted by molar-refractivity contribution is 5.43. The van der Waals surface area contributed by atoms with Gasteiger partial charge in [-0.25, -0.2) is 0 Å². The molecule has 1 aromatic carbocycles. The predicted molar refractivity (Wildman–Crippen MR) is 76.9 cm³/mol. The Balaban J connectivity index is 1.81. The minimum Gasteiger partial charge on any atom is -0.486 e. The average molecular weight is 264 g/mol. The van der Waals surface area contributed by atoms with Crippen LogP contribution < -0.4 is 14.8 Å². The van der Waals surface area contributed by atoms with Crippen LogP contribution in [-0.2, 0) is 6.54 Å². The molecule has 1 N–H and O–H groups in total. The summed E-state index contributed by atoms with van der Waals surface area (Å²) >= 11 is 0. The number of fused-ring (bicyclic) bond motifs is 1. The standard InChI is InChI=1S/C15H24N2O2/c1-16-7-3-4-8-17(2)12-13-5-6-14-15(11-13)19-10-9-18-14/h5-6,11,16H,3-4,7-10,12H2,1-2H3. The smallest absolute Gasteiger partial charge is 0.161 e. The first-order valence-electron chi connectivity index (χ1n) is 7.01. The van der Waals surface area contributed by atoms with Gasteiger partial charge in [-0.2, -0.15) is 0 Å². The molecule has 0 fully saturated rings. The summed E-state index contributed by atoms with van der Waals surface area (Å²) in [6.45, 7) is 4.47. The van der Waals surface area contributed by atoms with Gasteiger partial charge in [-0.3, -0.25) is 0 Å². The third-order valence-electron chi connectivity index (χ3n) is 3.28. The van der Waals surface area contributed by atoms with Crippen LogP contribution in [0.15, 0.2) is 18.2 Å². The third-order valence-corrected chi connectivity index (χ3v) is 3.28. The summed E-state index contributed by atoms with van der Waals surface area (Å²) in [5, 5.41) is 3.18. The summed E-state index contributed by atoms with van der Waals surface area (Å²) in [7, 11) is 4.16. The first kappa shape index (κ1) is 14.2. The third kappa shape index (κ3) is 4.40. The quantitative estimate of drug-likeness (QED) is 0.763. The van der Waals surface area contributed by atoms with Gasteiger partial charge in [-0.15, -0.1) is 0 Å². The highest BCUT2D eigenvalue weighted by atomic mass is 16.6. The van der Waals surface area contributed by atoms with E-state index in [4.69, 9.17) is 9.47 Å². The molecule has 1 aliphatic rings. The Morgan fingerprint density at radius 2 is 1.95 bits per heavy atom. The van der Waals surface area contributed by atoms with Crippen molar-refractivity contribution in [1.82, 2.24) is 10.2 Å². The maximum absolute atomic E-state index is 5.61. The number of ether oxygens (including phenoxy) is 2. The van der Waals surface area contributed by atoms with Crippen LogP contribution in [0.25, 0.3) is 0 Å². The van der Waals surface area contributed by atoms with Crippen LogP contribution in [0.4, 0.5) is 0 Å². The predicted octanol–water partition coefficient (Wildman–Crippen LogP) is 1.89. The molecule has 1 aliphatic heterocycles. The number of hydrogen-bond donors (Lipinski definition) is 1. The van der Waals surface area contributed by atoms with Gasteiger partial charge < -0.3 is 19.7 Å². The summed E-state index contributed by atoms with van der Waals surface area (Å²) < 4.78 is 11.1. The zero-order valence-corrected chi connectivity index (χ0v) is 11.9. The van der Waals surface area contributed by atoms with E-state index in [-0.39, 0.29) is 0 Å². The van der Waals surface area contributed by atoms with E-state index in [9.17, 15) is 0 Å². The van der Waals surface area contributed by atoms with Crippen molar-refractivity contribution < 1.29 is 9.47 Å². The molecule has 0 saturated carbocycles. The van der Waals surface area contributed by atoms with Crippen LogP contribution in [0.1, 0.15) is 18.4 Å². The van der Waals surface area contributed by atoms with Crippen LogP contribution in [-0.4, -0.2) is 45.3 Å². The number of nitrogens with one attached hydrogen (secondary N) is 1. The molecule has 4 heteroatoms. The maximum atomic E-state index is 5.61. The Bertz CT molecular complexity index is 396. The lowest BCUT2D eigenvalue weighted by molar-refractivity contribution is 0.171. The van der Waals surface area contributed by atoms with E-state index >= 15 is 0 Å². The lowest BCUT2D eigenvalue weighted by Crippen LogP contribution is -2.21. The van der Waals surface area contributed by atoms with Gasteiger partial charge >= 0.3 is 0 Å². The molecule has 0 radical (unpaired) electrons. The van der Waals surface area contributed by atoms with Crippen molar-refractivity contribution in [2.45, 2.75) is 19.4 Å². The van der Waals surface area contributed by atoms with Crippen molar-refractivity contribution in [1.29, 1.82) is 0 Å². The molecule has 106 valence electrons. The zero-order chi connectivity index (χ0) is 13.5. The molecule has 1 aromatic rings. The van der Waals surface area contributed by atoms with Crippen molar-refractivity contribution in [3.63, 3.8) is 0 Å². The number of nitrogens with zero attached hydrogens (tertiary/aromatic N) is 1. The fraction of sp³-hybridized carbons (Fsp3) is 0.600. The summed E-state index contributed by atoms with van der Waals surface area (Å²) in [6.07, 6.45) is 2.45. The molecule has 1 heterocycles. The largest absolute Gasteiger partial charge is 0.486 e. The summed E-state index contributed by atoms with van der Waals surface area (Å²) in [5.74, 6) is 1.75. The van der Waals surface area contributed by atoms with Gasteiger partial charge in [0.05, 0.1) is 0 Å². The molecule has 0 aliphatic carbocycles. The molecule has 0 saturated heterocycles. The molecule has 2 rings (SSSR count). The van der Waals surface area contributed by atoms with Gasteiger partial charge in [0.1, 0.15) is 13.2 Å². The Kier molecular flexibility index (Phi) is 5.48. The Morgan fingerprint density at radius 1 is 1.16 bits per heavy atom. The Morgan fingerprint density at radius 3 is 2.74 bits per heavy atom. The lowest BCUT2D eigenvalue weighted by Gasteiger charge is -2.21. The van der Waals surface area contributed by atoms with Crippen molar-refractivity contribution in [3.05, 3.63) is 23.8 Å². The van der Waals surface area contributed by atoms with E-state index < -0.39 is 0 Å². The molecule has 0 spiro atoms. The van der Waals surface area contributed by atoms with Crippen molar-refractivity contribution >= 4 is 0 Å². The Hall–Kier alpha value is -1.26. The SMILES string of the molecule is CNCCCCN(C)Cc1ccc2c(c1)OCCO2. The van der Waals surface area contributed by atoms with Gasteiger partial charge in [0.15, 0.2) is 11.5 Å². The van der Waals surface area contributed by atoms with Crippen molar-refractivity contribution in [3.8, 4) is 11.5 Å². The Labute approximate surface area is 115 Å². The minimum absolute atomic E-state index is 0.649. The molecular formula is C15H24N2O2. The van der Waals surface area contributed by atoms with Gasteiger partial charge in [-0.1, -0.05) is 6.07 Å². The van der Waals surface area contributed by atoms with Crippen molar-refractivity contribution in [2.75, 3.05) is 40.4 Å². The van der Waals surface area contributed by atoms with E-state index in [1.807, 2.05) is 13.1 Å². The second kappa shape index (κ2) is 7.36. The second-order valence-electron chi connectivity index (χ2n) is 5.03. The zero-order valence-electron chi connectivity index (χ0n) is 11.9. The van der Waals surface area contributed by atoms with E-state index in [1.165, 1.54) is 18.4 Å². The highest BCUT2D eigenvalue weighted by Gasteiger charge is 2.12. The molecule has 0 amide bonds. The highest BCUT2D eigenvalue weighted by Crippen LogP contribution is 2.30. The first-order valence-corrected chi connectivity index (χ1v) is 7.01. The number of benzene rings is 1. The topological polar surface area (TPSA) is 33.7 Å². The summed E-state index contributed by atoms with van der Waals surface area (Å²) in [6, 6.07) is 6.23. The second-order valence-corrected chi connectivity index (χ2v) is 5.03.